The summed E-state index contributed by atoms with van der Waals surface area (Å²) in [6.45, 7) is 11.6. The average Bonchev–Trinajstić information content (AvgIpc) is 3.03. The Balaban J connectivity index is 2.72. The van der Waals surface area contributed by atoms with Crippen LogP contribution in [0.5, 0.6) is 5.75 Å². The van der Waals surface area contributed by atoms with Gasteiger partial charge in [-0.15, -0.1) is 11.3 Å². The second-order valence-electron chi connectivity index (χ2n) is 7.85. The van der Waals surface area contributed by atoms with Crippen molar-refractivity contribution < 1.29 is 4.74 Å². The van der Waals surface area contributed by atoms with Gasteiger partial charge in [0, 0.05) is 17.6 Å². The topological polar surface area (TPSA) is 86.5 Å². The highest BCUT2D eigenvalue weighted by molar-refractivity contribution is 7.09. The molecule has 0 saturated carbocycles. The van der Waals surface area contributed by atoms with Crippen LogP contribution in [-0.2, 0) is 12.0 Å². The molecule has 6 nitrogen and oxygen atoms in total. The predicted octanol–water partition coefficient (Wildman–Crippen LogP) is 4.21. The van der Waals surface area contributed by atoms with Gasteiger partial charge in [-0.3, -0.25) is 0 Å². The number of ether oxygens (including phenoxy) is 1. The third-order valence-electron chi connectivity index (χ3n) is 3.95. The summed E-state index contributed by atoms with van der Waals surface area (Å²) in [5.74, 6) is 1.19. The molecule has 0 aliphatic heterocycles. The highest BCUT2D eigenvalue weighted by atomic mass is 32.1. The molecule has 2 rings (SSSR count). The van der Waals surface area contributed by atoms with Gasteiger partial charge in [-0.1, -0.05) is 34.6 Å². The number of rotatable bonds is 4. The fourth-order valence-electron chi connectivity index (χ4n) is 2.57. The second-order valence-corrected chi connectivity index (χ2v) is 8.86. The molecule has 0 saturated heterocycles. The molecule has 0 bridgehead atoms. The van der Waals surface area contributed by atoms with E-state index in [1.807, 2.05) is 6.19 Å². The highest BCUT2D eigenvalue weighted by Gasteiger charge is 2.19. The van der Waals surface area contributed by atoms with Crippen LogP contribution in [0.25, 0.3) is 0 Å². The molecule has 7 heteroatoms. The summed E-state index contributed by atoms with van der Waals surface area (Å²) >= 11 is 1.58. The van der Waals surface area contributed by atoms with E-state index < -0.39 is 0 Å². The number of nitriles is 2. The summed E-state index contributed by atoms with van der Waals surface area (Å²) < 4.78 is 7.50. The Morgan fingerprint density at radius 3 is 2.54 bits per heavy atom. The quantitative estimate of drug-likeness (QED) is 0.441. The lowest BCUT2D eigenvalue weighted by atomic mass is 9.95. The maximum absolute atomic E-state index is 9.23. The summed E-state index contributed by atoms with van der Waals surface area (Å²) in [7, 11) is 1.54. The Labute approximate surface area is 170 Å². The van der Waals surface area contributed by atoms with Crippen LogP contribution in [0.4, 0.5) is 0 Å². The molecule has 0 unspecified atom stereocenters. The van der Waals surface area contributed by atoms with Gasteiger partial charge >= 0.3 is 0 Å². The Morgan fingerprint density at radius 1 is 1.29 bits per heavy atom. The van der Waals surface area contributed by atoms with Crippen LogP contribution in [0.2, 0.25) is 0 Å². The number of amidine groups is 1. The van der Waals surface area contributed by atoms with E-state index in [2.05, 4.69) is 56.4 Å². The monoisotopic (exact) mass is 395 g/mol. The van der Waals surface area contributed by atoms with Crippen molar-refractivity contribution in [2.75, 3.05) is 7.11 Å². The zero-order valence-electron chi connectivity index (χ0n) is 17.1. The molecular weight excluding hydrogens is 370 g/mol. The first kappa shape index (κ1) is 21.4. The van der Waals surface area contributed by atoms with Crippen LogP contribution in [0.15, 0.2) is 34.4 Å². The van der Waals surface area contributed by atoms with Crippen LogP contribution in [0, 0.1) is 28.7 Å². The van der Waals surface area contributed by atoms with E-state index in [0.717, 1.165) is 11.3 Å². The van der Waals surface area contributed by atoms with Crippen molar-refractivity contribution >= 4 is 17.2 Å². The van der Waals surface area contributed by atoms with Gasteiger partial charge in [0.25, 0.3) is 0 Å². The third-order valence-corrected chi connectivity index (χ3v) is 5.39. The highest BCUT2D eigenvalue weighted by Crippen LogP contribution is 2.25. The van der Waals surface area contributed by atoms with Gasteiger partial charge in [-0.05, 0) is 29.5 Å². The molecule has 2 aromatic rings. The maximum atomic E-state index is 9.23. The fourth-order valence-corrected chi connectivity index (χ4v) is 3.63. The average molecular weight is 396 g/mol. The van der Waals surface area contributed by atoms with E-state index in [0.29, 0.717) is 22.8 Å². The van der Waals surface area contributed by atoms with Crippen LogP contribution >= 0.6 is 11.3 Å². The smallest absolute Gasteiger partial charge is 0.207 e. The van der Waals surface area contributed by atoms with Gasteiger partial charge in [0.1, 0.15) is 5.75 Å². The van der Waals surface area contributed by atoms with Gasteiger partial charge in [-0.2, -0.15) is 20.5 Å². The normalized spacial score (nSPS) is 12.8. The number of methoxy groups -OCH3 is 1. The van der Waals surface area contributed by atoms with Crippen molar-refractivity contribution in [3.05, 3.63) is 45.2 Å². The Hall–Kier alpha value is -2.90. The zero-order valence-corrected chi connectivity index (χ0v) is 18.0. The van der Waals surface area contributed by atoms with E-state index >= 15 is 0 Å². The first-order valence-electron chi connectivity index (χ1n) is 9.00. The summed E-state index contributed by atoms with van der Waals surface area (Å²) in [5.41, 5.74) is 0.959. The minimum absolute atomic E-state index is 0.0118. The van der Waals surface area contributed by atoms with Gasteiger partial charge in [-0.25, -0.2) is 0 Å². The molecule has 1 aromatic carbocycles. The Bertz CT molecular complexity index is 1020. The van der Waals surface area contributed by atoms with Gasteiger partial charge < -0.3 is 9.30 Å². The van der Waals surface area contributed by atoms with Crippen molar-refractivity contribution in [1.29, 1.82) is 10.5 Å². The molecule has 1 aromatic heterocycles. The molecule has 0 aliphatic rings. The number of aromatic nitrogens is 1. The molecule has 0 atom stereocenters. The summed E-state index contributed by atoms with van der Waals surface area (Å²) in [4.78, 5) is 10.6. The minimum atomic E-state index is -0.0118. The molecule has 28 heavy (non-hydrogen) atoms. The summed E-state index contributed by atoms with van der Waals surface area (Å²) in [5, 5.41) is 18.4. The lowest BCUT2D eigenvalue weighted by Gasteiger charge is -2.14. The standard InChI is InChI=1S/C21H25N5OS/c1-14(2)11-26-12-18(21(3,4)5)28-20(26)25-19(24-13-23)16-9-15(10-22)7-8-17(16)27-6/h7-9,12,14H,11H2,1-6H3. The van der Waals surface area contributed by atoms with Crippen molar-refractivity contribution in [2.45, 2.75) is 46.6 Å². The van der Waals surface area contributed by atoms with E-state index in [4.69, 9.17) is 9.73 Å². The molecule has 0 N–H and O–H groups in total. The second kappa shape index (κ2) is 8.86. The van der Waals surface area contributed by atoms with Gasteiger partial charge in [0.15, 0.2) is 10.6 Å². The number of thiazole rings is 1. The van der Waals surface area contributed by atoms with Crippen LogP contribution in [0.1, 0.15) is 50.6 Å². The first-order chi connectivity index (χ1) is 13.2. The third kappa shape index (κ3) is 5.09. The molecule has 0 fully saturated rings. The van der Waals surface area contributed by atoms with Crippen molar-refractivity contribution in [3.63, 3.8) is 0 Å². The number of aliphatic imine (C=N–C) groups is 1. The van der Waals surface area contributed by atoms with E-state index in [9.17, 15) is 10.5 Å². The molecule has 0 radical (unpaired) electrons. The van der Waals surface area contributed by atoms with Gasteiger partial charge in [0.2, 0.25) is 6.19 Å². The number of hydrogen-bond acceptors (Lipinski definition) is 5. The molecule has 1 heterocycles. The first-order valence-corrected chi connectivity index (χ1v) is 9.82. The Kier molecular flexibility index (Phi) is 6.77. The van der Waals surface area contributed by atoms with E-state index in [1.165, 1.54) is 12.0 Å². The minimum Gasteiger partial charge on any atom is -0.496 e. The van der Waals surface area contributed by atoms with Crippen molar-refractivity contribution in [3.8, 4) is 18.0 Å². The molecular formula is C21H25N5OS. The fraction of sp³-hybridized carbons (Fsp3) is 0.429. The molecule has 0 spiro atoms. The zero-order chi connectivity index (χ0) is 20.9. The summed E-state index contributed by atoms with van der Waals surface area (Å²) in [6, 6.07) is 7.09. The van der Waals surface area contributed by atoms with Crippen molar-refractivity contribution in [1.82, 2.24) is 4.57 Å². The molecule has 0 amide bonds. The molecule has 0 aliphatic carbocycles. The van der Waals surface area contributed by atoms with Crippen LogP contribution in [-0.4, -0.2) is 17.5 Å². The number of hydrogen-bond donors (Lipinski definition) is 0. The molecule has 146 valence electrons. The lowest BCUT2D eigenvalue weighted by Crippen LogP contribution is -2.19. The lowest BCUT2D eigenvalue weighted by molar-refractivity contribution is 0.414. The SMILES string of the molecule is COc1ccc(C#N)cc1C(=NC#N)N=c1sc(C(C)(C)C)cn1CC(C)C. The number of nitrogens with zero attached hydrogens (tertiary/aromatic N) is 5. The predicted molar refractivity (Wildman–Crippen MR) is 111 cm³/mol. The maximum Gasteiger partial charge on any atom is 0.207 e. The van der Waals surface area contributed by atoms with Crippen molar-refractivity contribution in [2.24, 2.45) is 15.9 Å². The van der Waals surface area contributed by atoms with Gasteiger partial charge in [0.05, 0.1) is 24.3 Å². The van der Waals surface area contributed by atoms with Crippen LogP contribution in [0.3, 0.4) is 0 Å². The number of benzene rings is 1. The van der Waals surface area contributed by atoms with E-state index in [-0.39, 0.29) is 11.3 Å². The van der Waals surface area contributed by atoms with Crippen LogP contribution < -0.4 is 9.54 Å². The Morgan fingerprint density at radius 2 is 2.00 bits per heavy atom. The largest absolute Gasteiger partial charge is 0.496 e. The summed E-state index contributed by atoms with van der Waals surface area (Å²) in [6.07, 6.45) is 3.95. The van der Waals surface area contributed by atoms with E-state index in [1.54, 1.807) is 29.5 Å².